The number of rotatable bonds is 5. The van der Waals surface area contributed by atoms with Gasteiger partial charge in [-0.2, -0.15) is 0 Å². The van der Waals surface area contributed by atoms with Gasteiger partial charge in [0.2, 0.25) is 0 Å². The van der Waals surface area contributed by atoms with Crippen molar-refractivity contribution in [2.24, 2.45) is 0 Å². The Morgan fingerprint density at radius 3 is 2.23 bits per heavy atom. The first-order valence-electron chi connectivity index (χ1n) is 9.54. The van der Waals surface area contributed by atoms with Crippen molar-refractivity contribution < 1.29 is 19.2 Å². The third-order valence-electron chi connectivity index (χ3n) is 5.99. The van der Waals surface area contributed by atoms with Gasteiger partial charge in [0, 0.05) is 39.1 Å². The van der Waals surface area contributed by atoms with Crippen LogP contribution < -0.4 is 5.46 Å². The van der Waals surface area contributed by atoms with E-state index in [-0.39, 0.29) is 18.3 Å². The quantitative estimate of drug-likeness (QED) is 0.813. The summed E-state index contributed by atoms with van der Waals surface area (Å²) in [6.45, 7) is 10.9. The molecule has 3 rings (SSSR count). The molecule has 2 fully saturated rings. The molecule has 0 saturated carbocycles. The molecule has 0 unspecified atom stereocenters. The molecule has 2 aliphatic rings. The van der Waals surface area contributed by atoms with E-state index in [1.807, 2.05) is 12.1 Å². The molecule has 0 spiro atoms. The zero-order valence-electron chi connectivity index (χ0n) is 16.7. The van der Waals surface area contributed by atoms with Crippen LogP contribution in [-0.4, -0.2) is 60.7 Å². The van der Waals surface area contributed by atoms with E-state index in [0.29, 0.717) is 32.6 Å². The molecule has 2 heterocycles. The molecule has 2 aliphatic heterocycles. The lowest BCUT2D eigenvalue weighted by atomic mass is 9.76. The number of hydrogen-bond acceptors (Lipinski definition) is 5. The Kier molecular flexibility index (Phi) is 5.53. The van der Waals surface area contributed by atoms with Gasteiger partial charge in [0.05, 0.1) is 16.8 Å². The fraction of sp³-hybridized carbons (Fsp3) is 0.700. The van der Waals surface area contributed by atoms with E-state index < -0.39 is 5.60 Å². The fourth-order valence-electron chi connectivity index (χ4n) is 3.64. The monoisotopic (exact) mass is 361 g/mol. The maximum Gasteiger partial charge on any atom is 0.495 e. The van der Waals surface area contributed by atoms with Crippen molar-refractivity contribution in [3.8, 4) is 0 Å². The number of benzene rings is 1. The molecule has 0 radical (unpaired) electrons. The third kappa shape index (κ3) is 4.15. The topological polar surface area (TPSA) is 51.2 Å². The molecule has 0 atom stereocenters. The second kappa shape index (κ2) is 7.25. The SMILES string of the molecule is CN(Cc1ccccc1B1OC(C)(C)C(C)(C)O1)CC1(O)CCOCC1. The predicted molar refractivity (Wildman–Crippen MR) is 103 cm³/mol. The summed E-state index contributed by atoms with van der Waals surface area (Å²) in [5, 5.41) is 10.8. The maximum absolute atomic E-state index is 10.8. The van der Waals surface area contributed by atoms with Crippen LogP contribution in [0.3, 0.4) is 0 Å². The minimum Gasteiger partial charge on any atom is -0.399 e. The highest BCUT2D eigenvalue weighted by Crippen LogP contribution is 2.36. The average molecular weight is 361 g/mol. The molecule has 1 N–H and O–H groups in total. The number of likely N-dealkylation sites (N-methyl/N-ethyl adjacent to an activating group) is 1. The molecule has 0 bridgehead atoms. The molecule has 0 aliphatic carbocycles. The summed E-state index contributed by atoms with van der Waals surface area (Å²) in [4.78, 5) is 2.18. The minimum absolute atomic E-state index is 0.353. The second-order valence-electron chi connectivity index (χ2n) is 8.80. The minimum atomic E-state index is -0.660. The Hall–Kier alpha value is -0.915. The number of hydrogen-bond donors (Lipinski definition) is 1. The van der Waals surface area contributed by atoms with E-state index in [2.05, 4.69) is 51.8 Å². The molecule has 2 saturated heterocycles. The Morgan fingerprint density at radius 1 is 1.04 bits per heavy atom. The lowest BCUT2D eigenvalue weighted by molar-refractivity contribution is -0.0777. The van der Waals surface area contributed by atoms with Crippen LogP contribution in [0.15, 0.2) is 24.3 Å². The van der Waals surface area contributed by atoms with E-state index >= 15 is 0 Å². The molecule has 0 amide bonds. The van der Waals surface area contributed by atoms with Crippen LogP contribution in [0.2, 0.25) is 0 Å². The number of nitrogens with zero attached hydrogens (tertiary/aromatic N) is 1. The lowest BCUT2D eigenvalue weighted by Gasteiger charge is -2.35. The zero-order valence-corrected chi connectivity index (χ0v) is 16.7. The van der Waals surface area contributed by atoms with E-state index in [4.69, 9.17) is 14.0 Å². The first-order valence-corrected chi connectivity index (χ1v) is 9.54. The fourth-order valence-corrected chi connectivity index (χ4v) is 3.64. The standard InChI is InChI=1S/C20H32BNO4/c1-18(2)19(3,4)26-21(25-18)17-9-7-6-8-16(17)14-22(5)15-20(23)10-12-24-13-11-20/h6-9,23H,10-15H2,1-5H3. The summed E-state index contributed by atoms with van der Waals surface area (Å²) < 4.78 is 17.8. The van der Waals surface area contributed by atoms with Crippen LogP contribution >= 0.6 is 0 Å². The summed E-state index contributed by atoms with van der Waals surface area (Å²) in [7, 11) is 1.69. The molecule has 26 heavy (non-hydrogen) atoms. The van der Waals surface area contributed by atoms with E-state index in [1.165, 1.54) is 5.56 Å². The van der Waals surface area contributed by atoms with Crippen molar-refractivity contribution in [1.29, 1.82) is 0 Å². The van der Waals surface area contributed by atoms with Crippen molar-refractivity contribution in [3.05, 3.63) is 29.8 Å². The Labute approximate surface area is 157 Å². The molecular weight excluding hydrogens is 329 g/mol. The van der Waals surface area contributed by atoms with Gasteiger partial charge < -0.3 is 19.2 Å². The van der Waals surface area contributed by atoms with Crippen LogP contribution in [0, 0.1) is 0 Å². The van der Waals surface area contributed by atoms with E-state index in [1.54, 1.807) is 0 Å². The third-order valence-corrected chi connectivity index (χ3v) is 5.99. The maximum atomic E-state index is 10.8. The number of aliphatic hydroxyl groups is 1. The van der Waals surface area contributed by atoms with Gasteiger partial charge in [-0.05, 0) is 45.8 Å². The molecule has 1 aromatic carbocycles. The predicted octanol–water partition coefficient (Wildman–Crippen LogP) is 1.96. The molecule has 144 valence electrons. The van der Waals surface area contributed by atoms with Crippen molar-refractivity contribution in [1.82, 2.24) is 4.90 Å². The summed E-state index contributed by atoms with van der Waals surface area (Å²) >= 11 is 0. The average Bonchev–Trinajstić information content (AvgIpc) is 2.76. The lowest BCUT2D eigenvalue weighted by Crippen LogP contribution is -2.46. The molecule has 0 aromatic heterocycles. The van der Waals surface area contributed by atoms with Crippen LogP contribution in [-0.2, 0) is 20.6 Å². The van der Waals surface area contributed by atoms with Gasteiger partial charge in [0.15, 0.2) is 0 Å². The second-order valence-corrected chi connectivity index (χ2v) is 8.80. The van der Waals surface area contributed by atoms with Crippen LogP contribution in [0.4, 0.5) is 0 Å². The van der Waals surface area contributed by atoms with Gasteiger partial charge in [-0.15, -0.1) is 0 Å². The van der Waals surface area contributed by atoms with Crippen LogP contribution in [0.25, 0.3) is 0 Å². The van der Waals surface area contributed by atoms with E-state index in [0.717, 1.165) is 12.0 Å². The molecule has 1 aromatic rings. The van der Waals surface area contributed by atoms with Gasteiger partial charge in [-0.3, -0.25) is 4.90 Å². The zero-order chi connectivity index (χ0) is 19.0. The van der Waals surface area contributed by atoms with Gasteiger partial charge in [0.25, 0.3) is 0 Å². The van der Waals surface area contributed by atoms with E-state index in [9.17, 15) is 5.11 Å². The van der Waals surface area contributed by atoms with Gasteiger partial charge in [-0.1, -0.05) is 24.3 Å². The molecule has 5 nitrogen and oxygen atoms in total. The van der Waals surface area contributed by atoms with Crippen LogP contribution in [0.5, 0.6) is 0 Å². The van der Waals surface area contributed by atoms with Crippen molar-refractivity contribution in [2.45, 2.75) is 63.9 Å². The number of ether oxygens (including phenoxy) is 1. The van der Waals surface area contributed by atoms with Gasteiger partial charge in [-0.25, -0.2) is 0 Å². The summed E-state index contributed by atoms with van der Waals surface area (Å²) in [5.74, 6) is 0. The Morgan fingerprint density at radius 2 is 1.62 bits per heavy atom. The van der Waals surface area contributed by atoms with Gasteiger partial charge in [0.1, 0.15) is 0 Å². The summed E-state index contributed by atoms with van der Waals surface area (Å²) in [5.41, 5.74) is 0.870. The summed E-state index contributed by atoms with van der Waals surface area (Å²) in [6, 6.07) is 8.26. The van der Waals surface area contributed by atoms with Gasteiger partial charge >= 0.3 is 7.12 Å². The largest absolute Gasteiger partial charge is 0.495 e. The highest BCUT2D eigenvalue weighted by molar-refractivity contribution is 6.62. The van der Waals surface area contributed by atoms with Crippen LogP contribution in [0.1, 0.15) is 46.1 Å². The molecular formula is C20H32BNO4. The normalized spacial score (nSPS) is 24.2. The smallest absolute Gasteiger partial charge is 0.399 e. The van der Waals surface area contributed by atoms with Crippen molar-refractivity contribution >= 4 is 12.6 Å². The summed E-state index contributed by atoms with van der Waals surface area (Å²) in [6.07, 6.45) is 1.38. The first-order chi connectivity index (χ1) is 12.1. The Bertz CT molecular complexity index is 612. The highest BCUT2D eigenvalue weighted by atomic mass is 16.7. The first kappa shape index (κ1) is 19.8. The molecule has 6 heteroatoms. The van der Waals surface area contributed by atoms with Crippen molar-refractivity contribution in [2.75, 3.05) is 26.8 Å². The Balaban J connectivity index is 1.72. The highest BCUT2D eigenvalue weighted by Gasteiger charge is 2.52. The van der Waals surface area contributed by atoms with Crippen molar-refractivity contribution in [3.63, 3.8) is 0 Å².